The molecular formula is C21H25N3O3. The molecule has 0 saturated carbocycles. The zero-order chi connectivity index (χ0) is 19.4. The van der Waals surface area contributed by atoms with E-state index in [0.717, 1.165) is 5.69 Å². The molecule has 1 unspecified atom stereocenters. The molecule has 1 N–H and O–H groups in total. The van der Waals surface area contributed by atoms with Crippen molar-refractivity contribution >= 4 is 23.2 Å². The van der Waals surface area contributed by atoms with E-state index >= 15 is 0 Å². The lowest BCUT2D eigenvalue weighted by atomic mass is 10.1. The largest absolute Gasteiger partial charge is 0.378 e. The average molecular weight is 367 g/mol. The van der Waals surface area contributed by atoms with Gasteiger partial charge in [0.1, 0.15) is 0 Å². The van der Waals surface area contributed by atoms with Gasteiger partial charge in [-0.3, -0.25) is 9.59 Å². The molecule has 0 spiro atoms. The van der Waals surface area contributed by atoms with E-state index in [9.17, 15) is 9.59 Å². The summed E-state index contributed by atoms with van der Waals surface area (Å²) in [6, 6.07) is 14.5. The average Bonchev–Trinajstić information content (AvgIpc) is 2.68. The number of benzene rings is 2. The lowest BCUT2D eigenvalue weighted by Crippen LogP contribution is -2.47. The molecule has 1 aliphatic rings. The summed E-state index contributed by atoms with van der Waals surface area (Å²) in [6.45, 7) is 3.70. The number of nitrogens with one attached hydrogen (secondary N) is 1. The van der Waals surface area contributed by atoms with Gasteiger partial charge in [-0.2, -0.15) is 0 Å². The van der Waals surface area contributed by atoms with Crippen molar-refractivity contribution in [2.45, 2.75) is 13.0 Å². The van der Waals surface area contributed by atoms with Crippen molar-refractivity contribution in [1.29, 1.82) is 0 Å². The van der Waals surface area contributed by atoms with Crippen molar-refractivity contribution < 1.29 is 14.3 Å². The number of carbonyl (C=O) groups excluding carboxylic acids is 2. The van der Waals surface area contributed by atoms with E-state index in [2.05, 4.69) is 5.32 Å². The van der Waals surface area contributed by atoms with Crippen LogP contribution in [0, 0.1) is 0 Å². The van der Waals surface area contributed by atoms with Crippen molar-refractivity contribution in [2.24, 2.45) is 0 Å². The Hall–Kier alpha value is -2.86. The highest BCUT2D eigenvalue weighted by Gasteiger charge is 2.24. The lowest BCUT2D eigenvalue weighted by molar-refractivity contribution is 0.00359. The van der Waals surface area contributed by atoms with E-state index in [1.165, 1.54) is 0 Å². The Balaban J connectivity index is 1.67. The zero-order valence-corrected chi connectivity index (χ0v) is 15.9. The van der Waals surface area contributed by atoms with Gasteiger partial charge in [0.25, 0.3) is 11.8 Å². The minimum Gasteiger partial charge on any atom is -0.378 e. The van der Waals surface area contributed by atoms with Gasteiger partial charge in [0.05, 0.1) is 19.3 Å². The van der Waals surface area contributed by atoms with E-state index < -0.39 is 0 Å². The molecule has 6 heteroatoms. The molecule has 2 aromatic carbocycles. The second-order valence-electron chi connectivity index (χ2n) is 6.90. The van der Waals surface area contributed by atoms with Gasteiger partial charge in [-0.15, -0.1) is 0 Å². The standard InChI is InChI=1S/C21H25N3O3/c1-15-14-27-12-11-24(15)21(26)16-7-9-18(10-8-16)22-20(25)17-5-4-6-19(13-17)23(2)3/h4-10,13,15H,11-12,14H2,1-3H3,(H,22,25). The summed E-state index contributed by atoms with van der Waals surface area (Å²) in [6.07, 6.45) is 0. The minimum absolute atomic E-state index is 0.0117. The summed E-state index contributed by atoms with van der Waals surface area (Å²) in [5.41, 5.74) is 2.81. The van der Waals surface area contributed by atoms with Crippen LogP contribution in [0.15, 0.2) is 48.5 Å². The number of carbonyl (C=O) groups is 2. The Bertz CT molecular complexity index is 818. The van der Waals surface area contributed by atoms with Crippen molar-refractivity contribution in [3.8, 4) is 0 Å². The van der Waals surface area contributed by atoms with Gasteiger partial charge in [0, 0.05) is 43.1 Å². The zero-order valence-electron chi connectivity index (χ0n) is 15.9. The first-order valence-corrected chi connectivity index (χ1v) is 9.03. The summed E-state index contributed by atoms with van der Waals surface area (Å²) in [4.78, 5) is 28.9. The van der Waals surface area contributed by atoms with Crippen LogP contribution >= 0.6 is 0 Å². The topological polar surface area (TPSA) is 61.9 Å². The molecule has 0 aromatic heterocycles. The fourth-order valence-corrected chi connectivity index (χ4v) is 3.02. The van der Waals surface area contributed by atoms with Gasteiger partial charge in [0.15, 0.2) is 0 Å². The maximum atomic E-state index is 12.6. The monoisotopic (exact) mass is 367 g/mol. The van der Waals surface area contributed by atoms with Crippen LogP contribution in [-0.2, 0) is 4.74 Å². The number of hydrogen-bond donors (Lipinski definition) is 1. The first kappa shape index (κ1) is 18.9. The molecule has 142 valence electrons. The van der Waals surface area contributed by atoms with E-state index in [0.29, 0.717) is 36.6 Å². The third-order valence-corrected chi connectivity index (χ3v) is 4.64. The van der Waals surface area contributed by atoms with Gasteiger partial charge in [-0.25, -0.2) is 0 Å². The number of anilines is 2. The molecule has 27 heavy (non-hydrogen) atoms. The molecule has 1 atom stereocenters. The van der Waals surface area contributed by atoms with Gasteiger partial charge in [0.2, 0.25) is 0 Å². The molecule has 1 aliphatic heterocycles. The molecule has 3 rings (SSSR count). The number of hydrogen-bond acceptors (Lipinski definition) is 4. The number of amides is 2. The smallest absolute Gasteiger partial charge is 0.255 e. The van der Waals surface area contributed by atoms with Gasteiger partial charge in [-0.1, -0.05) is 6.07 Å². The molecular weight excluding hydrogens is 342 g/mol. The number of ether oxygens (including phenoxy) is 1. The minimum atomic E-state index is -0.181. The summed E-state index contributed by atoms with van der Waals surface area (Å²) >= 11 is 0. The fourth-order valence-electron chi connectivity index (χ4n) is 3.02. The summed E-state index contributed by atoms with van der Waals surface area (Å²) < 4.78 is 5.38. The van der Waals surface area contributed by atoms with Crippen LogP contribution < -0.4 is 10.2 Å². The molecule has 0 bridgehead atoms. The van der Waals surface area contributed by atoms with E-state index in [-0.39, 0.29) is 17.9 Å². The van der Waals surface area contributed by atoms with Crippen LogP contribution in [-0.4, -0.2) is 56.6 Å². The molecule has 0 aliphatic carbocycles. The van der Waals surface area contributed by atoms with Gasteiger partial charge >= 0.3 is 0 Å². The normalized spacial score (nSPS) is 16.7. The molecule has 2 aromatic rings. The van der Waals surface area contributed by atoms with Crippen LogP contribution in [0.1, 0.15) is 27.6 Å². The number of morpholine rings is 1. The van der Waals surface area contributed by atoms with Crippen LogP contribution in [0.2, 0.25) is 0 Å². The van der Waals surface area contributed by atoms with Crippen molar-refractivity contribution in [3.05, 3.63) is 59.7 Å². The Morgan fingerprint density at radius 1 is 1.11 bits per heavy atom. The Kier molecular flexibility index (Phi) is 5.76. The molecule has 6 nitrogen and oxygen atoms in total. The molecule has 1 fully saturated rings. The molecule has 1 saturated heterocycles. The van der Waals surface area contributed by atoms with Crippen LogP contribution in [0.25, 0.3) is 0 Å². The highest BCUT2D eigenvalue weighted by atomic mass is 16.5. The third kappa shape index (κ3) is 4.46. The van der Waals surface area contributed by atoms with Crippen molar-refractivity contribution in [2.75, 3.05) is 44.1 Å². The van der Waals surface area contributed by atoms with Crippen molar-refractivity contribution in [1.82, 2.24) is 4.90 Å². The first-order chi connectivity index (χ1) is 13.0. The Morgan fingerprint density at radius 2 is 1.85 bits per heavy atom. The summed E-state index contributed by atoms with van der Waals surface area (Å²) in [7, 11) is 3.87. The number of nitrogens with zero attached hydrogens (tertiary/aromatic N) is 2. The predicted octanol–water partition coefficient (Wildman–Crippen LogP) is 2.87. The van der Waals surface area contributed by atoms with E-state index in [1.807, 2.05) is 49.0 Å². The molecule has 0 radical (unpaired) electrons. The SMILES string of the molecule is CC1COCCN1C(=O)c1ccc(NC(=O)c2cccc(N(C)C)c2)cc1. The first-order valence-electron chi connectivity index (χ1n) is 9.03. The second kappa shape index (κ2) is 8.22. The Morgan fingerprint density at radius 3 is 2.52 bits per heavy atom. The van der Waals surface area contributed by atoms with Gasteiger partial charge in [-0.05, 0) is 49.4 Å². The lowest BCUT2D eigenvalue weighted by Gasteiger charge is -2.33. The van der Waals surface area contributed by atoms with E-state index in [4.69, 9.17) is 4.74 Å². The van der Waals surface area contributed by atoms with Crippen LogP contribution in [0.5, 0.6) is 0 Å². The van der Waals surface area contributed by atoms with Crippen molar-refractivity contribution in [3.63, 3.8) is 0 Å². The van der Waals surface area contributed by atoms with Gasteiger partial charge < -0.3 is 19.9 Å². The fraction of sp³-hybridized carbons (Fsp3) is 0.333. The predicted molar refractivity (Wildman–Crippen MR) is 106 cm³/mol. The second-order valence-corrected chi connectivity index (χ2v) is 6.90. The highest BCUT2D eigenvalue weighted by molar-refractivity contribution is 6.05. The number of rotatable bonds is 4. The quantitative estimate of drug-likeness (QED) is 0.903. The molecule has 1 heterocycles. The Labute approximate surface area is 159 Å². The van der Waals surface area contributed by atoms with Crippen LogP contribution in [0.4, 0.5) is 11.4 Å². The molecule has 2 amide bonds. The highest BCUT2D eigenvalue weighted by Crippen LogP contribution is 2.18. The van der Waals surface area contributed by atoms with E-state index in [1.54, 1.807) is 30.3 Å². The third-order valence-electron chi connectivity index (χ3n) is 4.64. The summed E-state index contributed by atoms with van der Waals surface area (Å²) in [5.74, 6) is -0.193. The maximum Gasteiger partial charge on any atom is 0.255 e. The van der Waals surface area contributed by atoms with Crippen LogP contribution in [0.3, 0.4) is 0 Å². The summed E-state index contributed by atoms with van der Waals surface area (Å²) in [5, 5.41) is 2.88. The maximum absolute atomic E-state index is 12.6.